The lowest BCUT2D eigenvalue weighted by molar-refractivity contribution is 0.413. The van der Waals surface area contributed by atoms with Gasteiger partial charge in [0.05, 0.1) is 24.5 Å². The molecule has 0 fully saturated rings. The highest BCUT2D eigenvalue weighted by molar-refractivity contribution is 5.77. The van der Waals surface area contributed by atoms with Gasteiger partial charge in [-0.05, 0) is 54.8 Å². The average molecular weight is 295 g/mol. The number of fused-ring (bicyclic) bond motifs is 1. The second-order valence-electron chi connectivity index (χ2n) is 5.71. The summed E-state index contributed by atoms with van der Waals surface area (Å²) in [5.74, 6) is 0.829. The first-order chi connectivity index (χ1) is 10.6. The minimum absolute atomic E-state index is 0.103. The van der Waals surface area contributed by atoms with Gasteiger partial charge in [0.1, 0.15) is 5.75 Å². The van der Waals surface area contributed by atoms with Crippen molar-refractivity contribution < 1.29 is 4.74 Å². The number of aromatic nitrogens is 2. The molecule has 3 rings (SSSR count). The first kappa shape index (κ1) is 14.6. The number of aryl methyl sites for hydroxylation is 2. The topological polar surface area (TPSA) is 53.1 Å². The first-order valence-electron chi connectivity index (χ1n) is 7.40. The van der Waals surface area contributed by atoms with Crippen molar-refractivity contribution in [2.45, 2.75) is 26.4 Å². The molecular formula is C18H21N3O. The number of methoxy groups -OCH3 is 1. The molecule has 1 aromatic heterocycles. The van der Waals surface area contributed by atoms with E-state index in [2.05, 4.69) is 35.5 Å². The molecule has 0 saturated heterocycles. The fraction of sp³-hybridized carbons (Fsp3) is 0.278. The Morgan fingerprint density at radius 3 is 2.73 bits per heavy atom. The fourth-order valence-electron chi connectivity index (χ4n) is 2.65. The Bertz CT molecular complexity index is 807. The molecule has 2 N–H and O–H groups in total. The molecule has 22 heavy (non-hydrogen) atoms. The Morgan fingerprint density at radius 1 is 1.18 bits per heavy atom. The van der Waals surface area contributed by atoms with Crippen LogP contribution in [0.1, 0.15) is 22.7 Å². The zero-order valence-electron chi connectivity index (χ0n) is 13.2. The van der Waals surface area contributed by atoms with Crippen LogP contribution in [0.25, 0.3) is 11.0 Å². The van der Waals surface area contributed by atoms with Gasteiger partial charge in [0.2, 0.25) is 0 Å². The zero-order valence-corrected chi connectivity index (χ0v) is 13.2. The minimum atomic E-state index is -0.103. The molecule has 0 aliphatic rings. The Hall–Kier alpha value is -2.33. The van der Waals surface area contributed by atoms with Crippen molar-refractivity contribution in [3.05, 3.63) is 59.4 Å². The predicted molar refractivity (Wildman–Crippen MR) is 89.1 cm³/mol. The van der Waals surface area contributed by atoms with Crippen LogP contribution in [-0.2, 0) is 6.54 Å². The normalized spacial score (nSPS) is 12.5. The quantitative estimate of drug-likeness (QED) is 0.803. The molecule has 1 heterocycles. The highest BCUT2D eigenvalue weighted by Crippen LogP contribution is 2.22. The summed E-state index contributed by atoms with van der Waals surface area (Å²) in [6.45, 7) is 4.91. The molecule has 4 heteroatoms. The van der Waals surface area contributed by atoms with Gasteiger partial charge in [-0.2, -0.15) is 0 Å². The number of imidazole rings is 1. The van der Waals surface area contributed by atoms with E-state index >= 15 is 0 Å². The monoisotopic (exact) mass is 295 g/mol. The summed E-state index contributed by atoms with van der Waals surface area (Å²) in [5, 5.41) is 0. The maximum absolute atomic E-state index is 6.36. The molecule has 1 atom stereocenters. The van der Waals surface area contributed by atoms with Crippen LogP contribution in [0.3, 0.4) is 0 Å². The molecule has 0 aliphatic carbocycles. The van der Waals surface area contributed by atoms with E-state index in [1.54, 1.807) is 7.11 Å². The molecule has 114 valence electrons. The maximum atomic E-state index is 6.36. The minimum Gasteiger partial charge on any atom is -0.497 e. The summed E-state index contributed by atoms with van der Waals surface area (Å²) in [5.41, 5.74) is 12.1. The fourth-order valence-corrected chi connectivity index (χ4v) is 2.65. The van der Waals surface area contributed by atoms with Crippen molar-refractivity contribution in [1.82, 2.24) is 9.55 Å². The molecule has 0 saturated carbocycles. The Morgan fingerprint density at radius 2 is 1.95 bits per heavy atom. The lowest BCUT2D eigenvalue weighted by Gasteiger charge is -2.15. The van der Waals surface area contributed by atoms with Gasteiger partial charge in [0.15, 0.2) is 0 Å². The van der Waals surface area contributed by atoms with Gasteiger partial charge < -0.3 is 15.0 Å². The third-order valence-electron chi connectivity index (χ3n) is 4.15. The molecule has 3 aromatic rings. The van der Waals surface area contributed by atoms with Gasteiger partial charge in [0.25, 0.3) is 0 Å². The number of benzene rings is 2. The standard InChI is InChI=1S/C18H21N3O/c1-12-7-17-18(8-13(12)2)21(11-20-17)10-16(19)14-5-4-6-15(9-14)22-3/h4-9,11,16H,10,19H2,1-3H3. The summed E-state index contributed by atoms with van der Waals surface area (Å²) in [6.07, 6.45) is 1.86. The van der Waals surface area contributed by atoms with Gasteiger partial charge in [-0.1, -0.05) is 12.1 Å². The van der Waals surface area contributed by atoms with E-state index < -0.39 is 0 Å². The lowest BCUT2D eigenvalue weighted by Crippen LogP contribution is -2.17. The summed E-state index contributed by atoms with van der Waals surface area (Å²) < 4.78 is 7.38. The molecule has 4 nitrogen and oxygen atoms in total. The highest BCUT2D eigenvalue weighted by atomic mass is 16.5. The first-order valence-corrected chi connectivity index (χ1v) is 7.40. The smallest absolute Gasteiger partial charge is 0.119 e. The van der Waals surface area contributed by atoms with Crippen molar-refractivity contribution >= 4 is 11.0 Å². The van der Waals surface area contributed by atoms with Crippen LogP contribution in [0.5, 0.6) is 5.75 Å². The predicted octanol–water partition coefficient (Wildman–Crippen LogP) is 3.36. The van der Waals surface area contributed by atoms with Crippen LogP contribution >= 0.6 is 0 Å². The lowest BCUT2D eigenvalue weighted by atomic mass is 10.1. The number of nitrogens with two attached hydrogens (primary N) is 1. The number of hydrogen-bond acceptors (Lipinski definition) is 3. The van der Waals surface area contributed by atoms with Gasteiger partial charge in [0, 0.05) is 12.6 Å². The van der Waals surface area contributed by atoms with E-state index in [0.717, 1.165) is 22.3 Å². The van der Waals surface area contributed by atoms with E-state index in [0.29, 0.717) is 6.54 Å². The molecule has 1 unspecified atom stereocenters. The van der Waals surface area contributed by atoms with Gasteiger partial charge in [-0.15, -0.1) is 0 Å². The van der Waals surface area contributed by atoms with Crippen LogP contribution in [-0.4, -0.2) is 16.7 Å². The summed E-state index contributed by atoms with van der Waals surface area (Å²) in [4.78, 5) is 4.48. The third kappa shape index (κ3) is 2.70. The van der Waals surface area contributed by atoms with Crippen molar-refractivity contribution in [1.29, 1.82) is 0 Å². The molecule has 2 aromatic carbocycles. The van der Waals surface area contributed by atoms with Crippen molar-refractivity contribution in [2.75, 3.05) is 7.11 Å². The highest BCUT2D eigenvalue weighted by Gasteiger charge is 2.11. The van der Waals surface area contributed by atoms with Gasteiger partial charge in [-0.3, -0.25) is 0 Å². The van der Waals surface area contributed by atoms with E-state index in [1.807, 2.05) is 30.6 Å². The second-order valence-corrected chi connectivity index (χ2v) is 5.71. The summed E-state index contributed by atoms with van der Waals surface area (Å²) in [6, 6.07) is 12.1. The maximum Gasteiger partial charge on any atom is 0.119 e. The molecule has 0 spiro atoms. The van der Waals surface area contributed by atoms with Crippen molar-refractivity contribution in [2.24, 2.45) is 5.73 Å². The van der Waals surface area contributed by atoms with Crippen LogP contribution in [0, 0.1) is 13.8 Å². The molecular weight excluding hydrogens is 274 g/mol. The van der Waals surface area contributed by atoms with E-state index in [9.17, 15) is 0 Å². The molecule has 0 bridgehead atoms. The summed E-state index contributed by atoms with van der Waals surface area (Å²) in [7, 11) is 1.67. The van der Waals surface area contributed by atoms with Crippen molar-refractivity contribution in [3.8, 4) is 5.75 Å². The molecule has 0 amide bonds. The zero-order chi connectivity index (χ0) is 15.7. The number of nitrogens with zero attached hydrogens (tertiary/aromatic N) is 2. The SMILES string of the molecule is COc1cccc(C(N)Cn2cnc3cc(C)c(C)cc32)c1. The van der Waals surface area contributed by atoms with Gasteiger partial charge >= 0.3 is 0 Å². The molecule has 0 aliphatic heterocycles. The summed E-state index contributed by atoms with van der Waals surface area (Å²) >= 11 is 0. The largest absolute Gasteiger partial charge is 0.497 e. The number of hydrogen-bond donors (Lipinski definition) is 1. The van der Waals surface area contributed by atoms with Crippen LogP contribution in [0.4, 0.5) is 0 Å². The van der Waals surface area contributed by atoms with Gasteiger partial charge in [-0.25, -0.2) is 4.98 Å². The molecule has 0 radical (unpaired) electrons. The second kappa shape index (κ2) is 5.81. The van der Waals surface area contributed by atoms with Crippen LogP contribution in [0.2, 0.25) is 0 Å². The van der Waals surface area contributed by atoms with E-state index in [-0.39, 0.29) is 6.04 Å². The Balaban J connectivity index is 1.90. The Kier molecular flexibility index (Phi) is 3.86. The van der Waals surface area contributed by atoms with Crippen LogP contribution in [0.15, 0.2) is 42.7 Å². The van der Waals surface area contributed by atoms with E-state index in [1.165, 1.54) is 11.1 Å². The third-order valence-corrected chi connectivity index (χ3v) is 4.15. The Labute approximate surface area is 130 Å². The number of rotatable bonds is 4. The van der Waals surface area contributed by atoms with Crippen LogP contribution < -0.4 is 10.5 Å². The average Bonchev–Trinajstić information content (AvgIpc) is 2.90. The van der Waals surface area contributed by atoms with Crippen molar-refractivity contribution in [3.63, 3.8) is 0 Å². The number of ether oxygens (including phenoxy) is 1. The van der Waals surface area contributed by atoms with E-state index in [4.69, 9.17) is 10.5 Å².